The van der Waals surface area contributed by atoms with E-state index >= 15 is 0 Å². The fraction of sp³-hybridized carbons (Fsp3) is 0.263. The van der Waals surface area contributed by atoms with Gasteiger partial charge in [-0.05, 0) is 24.3 Å². The van der Waals surface area contributed by atoms with Gasteiger partial charge in [0.25, 0.3) is 0 Å². The number of ether oxygens (including phenoxy) is 1. The molecule has 2 aromatic rings. The minimum atomic E-state index is -0.157. The molecule has 136 valence electrons. The molecule has 1 heterocycles. The summed E-state index contributed by atoms with van der Waals surface area (Å²) in [7, 11) is 1.58. The molecule has 0 radical (unpaired) electrons. The van der Waals surface area contributed by atoms with Gasteiger partial charge in [-0.1, -0.05) is 29.8 Å². The van der Waals surface area contributed by atoms with Gasteiger partial charge < -0.3 is 20.3 Å². The zero-order valence-electron chi connectivity index (χ0n) is 14.4. The van der Waals surface area contributed by atoms with Crippen molar-refractivity contribution < 1.29 is 14.3 Å². The van der Waals surface area contributed by atoms with E-state index in [0.717, 1.165) is 11.3 Å². The second-order valence-corrected chi connectivity index (χ2v) is 6.38. The zero-order chi connectivity index (χ0) is 18.5. The number of benzene rings is 2. The molecule has 26 heavy (non-hydrogen) atoms. The van der Waals surface area contributed by atoms with Crippen LogP contribution in [0.4, 0.5) is 11.4 Å². The van der Waals surface area contributed by atoms with E-state index in [1.165, 1.54) is 0 Å². The Labute approximate surface area is 157 Å². The van der Waals surface area contributed by atoms with Gasteiger partial charge in [0.15, 0.2) is 0 Å². The number of nitrogens with zero attached hydrogens (tertiary/aromatic N) is 1. The van der Waals surface area contributed by atoms with E-state index in [1.54, 1.807) is 19.2 Å². The number of hydrogen-bond donors (Lipinski definition) is 2. The SMILES string of the molecule is COc1ccccc1CC(=O)Nc1ccc(N2CCNC(=O)C2)c(Cl)c1. The Morgan fingerprint density at radius 3 is 2.85 bits per heavy atom. The first-order valence-corrected chi connectivity index (χ1v) is 8.67. The van der Waals surface area contributed by atoms with Crippen LogP contribution in [0.2, 0.25) is 5.02 Å². The summed E-state index contributed by atoms with van der Waals surface area (Å²) in [5.74, 6) is 0.497. The molecule has 0 bridgehead atoms. The topological polar surface area (TPSA) is 70.7 Å². The van der Waals surface area contributed by atoms with Gasteiger partial charge in [0.1, 0.15) is 5.75 Å². The van der Waals surface area contributed by atoms with E-state index < -0.39 is 0 Å². The molecule has 2 amide bonds. The number of carbonyl (C=O) groups is 2. The van der Waals surface area contributed by atoms with Crippen LogP contribution in [0.25, 0.3) is 0 Å². The quantitative estimate of drug-likeness (QED) is 0.844. The fourth-order valence-electron chi connectivity index (χ4n) is 2.91. The maximum atomic E-state index is 12.3. The molecule has 1 aliphatic rings. The fourth-order valence-corrected chi connectivity index (χ4v) is 3.21. The van der Waals surface area contributed by atoms with Gasteiger partial charge in [-0.2, -0.15) is 0 Å². The highest BCUT2D eigenvalue weighted by Crippen LogP contribution is 2.29. The summed E-state index contributed by atoms with van der Waals surface area (Å²) in [6.07, 6.45) is 0.204. The minimum absolute atomic E-state index is 0.0264. The van der Waals surface area contributed by atoms with Crippen LogP contribution in [0.5, 0.6) is 5.75 Å². The molecule has 6 nitrogen and oxygen atoms in total. The molecule has 0 unspecified atom stereocenters. The highest BCUT2D eigenvalue weighted by molar-refractivity contribution is 6.33. The molecule has 0 aliphatic carbocycles. The number of hydrogen-bond acceptors (Lipinski definition) is 4. The molecule has 7 heteroatoms. The molecule has 0 saturated carbocycles. The van der Waals surface area contributed by atoms with Crippen LogP contribution in [0, 0.1) is 0 Å². The predicted molar refractivity (Wildman–Crippen MR) is 102 cm³/mol. The van der Waals surface area contributed by atoms with Gasteiger partial charge in [0, 0.05) is 24.3 Å². The molecule has 2 aromatic carbocycles. The highest BCUT2D eigenvalue weighted by atomic mass is 35.5. The smallest absolute Gasteiger partial charge is 0.239 e. The third-order valence-corrected chi connectivity index (χ3v) is 4.46. The number of methoxy groups -OCH3 is 1. The lowest BCUT2D eigenvalue weighted by molar-refractivity contribution is -0.120. The first-order chi connectivity index (χ1) is 12.6. The monoisotopic (exact) mass is 373 g/mol. The van der Waals surface area contributed by atoms with E-state index in [1.807, 2.05) is 35.2 Å². The number of para-hydroxylation sites is 1. The third kappa shape index (κ3) is 4.26. The van der Waals surface area contributed by atoms with E-state index in [4.69, 9.17) is 16.3 Å². The molecule has 3 rings (SSSR count). The number of rotatable bonds is 5. The summed E-state index contributed by atoms with van der Waals surface area (Å²) in [6, 6.07) is 12.7. The van der Waals surface area contributed by atoms with Crippen molar-refractivity contribution >= 4 is 34.8 Å². The summed E-state index contributed by atoms with van der Waals surface area (Å²) < 4.78 is 5.27. The molecule has 1 saturated heterocycles. The van der Waals surface area contributed by atoms with Crippen molar-refractivity contribution in [1.82, 2.24) is 5.32 Å². The Hall–Kier alpha value is -2.73. The van der Waals surface area contributed by atoms with E-state index in [9.17, 15) is 9.59 Å². The summed E-state index contributed by atoms with van der Waals surface area (Å²) in [6.45, 7) is 1.57. The third-order valence-electron chi connectivity index (χ3n) is 4.15. The van der Waals surface area contributed by atoms with Crippen LogP contribution < -0.4 is 20.3 Å². The number of halogens is 1. The largest absolute Gasteiger partial charge is 0.496 e. The van der Waals surface area contributed by atoms with Gasteiger partial charge in [0.05, 0.1) is 30.8 Å². The first kappa shape index (κ1) is 18.1. The van der Waals surface area contributed by atoms with Gasteiger partial charge in [-0.3, -0.25) is 9.59 Å². The van der Waals surface area contributed by atoms with Crippen molar-refractivity contribution in [3.05, 3.63) is 53.1 Å². The zero-order valence-corrected chi connectivity index (χ0v) is 15.2. The van der Waals surface area contributed by atoms with Crippen molar-refractivity contribution in [3.8, 4) is 5.75 Å². The van der Waals surface area contributed by atoms with Gasteiger partial charge in [-0.15, -0.1) is 0 Å². The van der Waals surface area contributed by atoms with E-state index in [0.29, 0.717) is 29.5 Å². The maximum Gasteiger partial charge on any atom is 0.239 e. The number of amides is 2. The molecular formula is C19H20ClN3O3. The van der Waals surface area contributed by atoms with Gasteiger partial charge in [0.2, 0.25) is 11.8 Å². The lowest BCUT2D eigenvalue weighted by Crippen LogP contribution is -2.47. The normalized spacial score (nSPS) is 13.9. The lowest BCUT2D eigenvalue weighted by Gasteiger charge is -2.29. The Kier molecular flexibility index (Phi) is 5.63. The van der Waals surface area contributed by atoms with E-state index in [-0.39, 0.29) is 24.8 Å². The maximum absolute atomic E-state index is 12.3. The van der Waals surface area contributed by atoms with Crippen LogP contribution in [-0.4, -0.2) is 38.6 Å². The number of piperazine rings is 1. The van der Waals surface area contributed by atoms with E-state index in [2.05, 4.69) is 10.6 Å². The average molecular weight is 374 g/mol. The average Bonchev–Trinajstić information content (AvgIpc) is 2.62. The van der Waals surface area contributed by atoms with Crippen molar-refractivity contribution in [2.75, 3.05) is 37.0 Å². The molecule has 0 aromatic heterocycles. The Balaban J connectivity index is 1.67. The number of nitrogens with one attached hydrogen (secondary N) is 2. The predicted octanol–water partition coefficient (Wildman–Crippen LogP) is 2.47. The molecule has 0 atom stereocenters. The molecule has 2 N–H and O–H groups in total. The van der Waals surface area contributed by atoms with Crippen LogP contribution in [0.3, 0.4) is 0 Å². The second kappa shape index (κ2) is 8.10. The summed E-state index contributed by atoms with van der Waals surface area (Å²) in [5.41, 5.74) is 2.21. The second-order valence-electron chi connectivity index (χ2n) is 5.97. The summed E-state index contributed by atoms with van der Waals surface area (Å²) in [5, 5.41) is 6.12. The van der Waals surface area contributed by atoms with Crippen molar-refractivity contribution in [2.45, 2.75) is 6.42 Å². The highest BCUT2D eigenvalue weighted by Gasteiger charge is 2.19. The molecular weight excluding hydrogens is 354 g/mol. The number of carbonyl (C=O) groups excluding carboxylic acids is 2. The van der Waals surface area contributed by atoms with Crippen molar-refractivity contribution in [3.63, 3.8) is 0 Å². The van der Waals surface area contributed by atoms with Gasteiger partial charge >= 0.3 is 0 Å². The van der Waals surface area contributed by atoms with Crippen LogP contribution in [-0.2, 0) is 16.0 Å². The van der Waals surface area contributed by atoms with Crippen LogP contribution in [0.15, 0.2) is 42.5 Å². The molecule has 1 aliphatic heterocycles. The summed E-state index contributed by atoms with van der Waals surface area (Å²) in [4.78, 5) is 25.8. The van der Waals surface area contributed by atoms with Crippen molar-refractivity contribution in [1.29, 1.82) is 0 Å². The standard InChI is InChI=1S/C19H20ClN3O3/c1-26-17-5-3-2-4-13(17)10-18(24)22-14-6-7-16(15(20)11-14)23-9-8-21-19(25)12-23/h2-7,11H,8-10,12H2,1H3,(H,21,25)(H,22,24). The van der Waals surface area contributed by atoms with Crippen molar-refractivity contribution in [2.24, 2.45) is 0 Å². The summed E-state index contributed by atoms with van der Waals surface area (Å²) >= 11 is 6.36. The number of anilines is 2. The van der Waals surface area contributed by atoms with Crippen LogP contribution in [0.1, 0.15) is 5.56 Å². The van der Waals surface area contributed by atoms with Gasteiger partial charge in [-0.25, -0.2) is 0 Å². The Morgan fingerprint density at radius 1 is 1.31 bits per heavy atom. The lowest BCUT2D eigenvalue weighted by atomic mass is 10.1. The first-order valence-electron chi connectivity index (χ1n) is 8.30. The van der Waals surface area contributed by atoms with Crippen LogP contribution >= 0.6 is 11.6 Å². The Morgan fingerprint density at radius 2 is 2.12 bits per heavy atom. The molecule has 1 fully saturated rings. The molecule has 0 spiro atoms. The Bertz CT molecular complexity index is 825. The minimum Gasteiger partial charge on any atom is -0.496 e.